The van der Waals surface area contributed by atoms with Crippen LogP contribution in [0.25, 0.3) is 0 Å². The zero-order valence-corrected chi connectivity index (χ0v) is 14.8. The third-order valence-electron chi connectivity index (χ3n) is 5.27. The summed E-state index contributed by atoms with van der Waals surface area (Å²) >= 11 is 0. The van der Waals surface area contributed by atoms with Crippen LogP contribution in [0.3, 0.4) is 0 Å². The van der Waals surface area contributed by atoms with E-state index in [4.69, 9.17) is 0 Å². The number of hydrogen-bond donors (Lipinski definition) is 2. The Kier molecular flexibility index (Phi) is 5.54. The topological polar surface area (TPSA) is 66.4 Å². The fourth-order valence-electron chi connectivity index (χ4n) is 3.61. The number of rotatable bonds is 7. The lowest BCUT2D eigenvalue weighted by Gasteiger charge is -2.41. The average Bonchev–Trinajstić information content (AvgIpc) is 2.60. The molecule has 0 bridgehead atoms. The van der Waals surface area contributed by atoms with E-state index in [-0.39, 0.29) is 18.5 Å². The van der Waals surface area contributed by atoms with Gasteiger partial charge in [0, 0.05) is 12.1 Å². The first kappa shape index (κ1) is 19.0. The van der Waals surface area contributed by atoms with Crippen molar-refractivity contribution < 1.29 is 23.5 Å². The Morgan fingerprint density at radius 1 is 1.04 bits per heavy atom. The monoisotopic (exact) mass is 373 g/mol. The maximum atomic E-state index is 14.2. The predicted octanol–water partition coefficient (Wildman–Crippen LogP) is 3.45. The number of benzene rings is 2. The first-order chi connectivity index (χ1) is 12.9. The van der Waals surface area contributed by atoms with Crippen molar-refractivity contribution in [1.29, 1.82) is 0 Å². The summed E-state index contributed by atoms with van der Waals surface area (Å²) in [6.45, 7) is -0.0963. The molecule has 2 aromatic rings. The number of hydrogen-bond acceptors (Lipinski definition) is 2. The van der Waals surface area contributed by atoms with Crippen LogP contribution in [0.1, 0.15) is 30.4 Å². The summed E-state index contributed by atoms with van der Waals surface area (Å²) in [5, 5.41) is 12.1. The van der Waals surface area contributed by atoms with Gasteiger partial charge in [-0.15, -0.1) is 0 Å². The second-order valence-electron chi connectivity index (χ2n) is 6.97. The summed E-state index contributed by atoms with van der Waals surface area (Å²) in [5.74, 6) is -3.86. The van der Waals surface area contributed by atoms with Gasteiger partial charge in [0.1, 0.15) is 11.6 Å². The van der Waals surface area contributed by atoms with E-state index in [0.717, 1.165) is 17.7 Å². The molecule has 0 aliphatic heterocycles. The largest absolute Gasteiger partial charge is 0.481 e. The Bertz CT molecular complexity index is 814. The van der Waals surface area contributed by atoms with Crippen LogP contribution in [0, 0.1) is 17.6 Å². The Morgan fingerprint density at radius 2 is 1.67 bits per heavy atom. The summed E-state index contributed by atoms with van der Waals surface area (Å²) in [6, 6.07) is 12.7. The van der Waals surface area contributed by atoms with E-state index in [9.17, 15) is 23.5 Å². The number of nitrogens with one attached hydrogen (secondary N) is 1. The molecule has 4 nitrogen and oxygen atoms in total. The van der Waals surface area contributed by atoms with Crippen molar-refractivity contribution in [1.82, 2.24) is 5.32 Å². The average molecular weight is 373 g/mol. The molecule has 0 spiro atoms. The van der Waals surface area contributed by atoms with Gasteiger partial charge in [-0.2, -0.15) is 0 Å². The number of carboxylic acids is 1. The molecular weight excluding hydrogens is 352 g/mol. The first-order valence-corrected chi connectivity index (χ1v) is 8.93. The van der Waals surface area contributed by atoms with Crippen molar-refractivity contribution >= 4 is 11.9 Å². The highest BCUT2D eigenvalue weighted by molar-refractivity contribution is 5.89. The molecule has 1 amide bonds. The minimum atomic E-state index is -1.26. The van der Waals surface area contributed by atoms with Crippen molar-refractivity contribution in [3.8, 4) is 0 Å². The lowest BCUT2D eigenvalue weighted by atomic mass is 9.63. The van der Waals surface area contributed by atoms with E-state index in [2.05, 4.69) is 5.32 Å². The van der Waals surface area contributed by atoms with Crippen LogP contribution >= 0.6 is 0 Å². The minimum Gasteiger partial charge on any atom is -0.481 e. The van der Waals surface area contributed by atoms with Crippen molar-refractivity contribution in [3.63, 3.8) is 0 Å². The molecule has 1 unspecified atom stereocenters. The lowest BCUT2D eigenvalue weighted by Crippen LogP contribution is -2.51. The number of halogens is 2. The fraction of sp³-hybridized carbons (Fsp3) is 0.333. The number of carbonyl (C=O) groups is 2. The van der Waals surface area contributed by atoms with E-state index in [1.165, 1.54) is 6.07 Å². The Balaban J connectivity index is 1.74. The van der Waals surface area contributed by atoms with Gasteiger partial charge in [-0.05, 0) is 37.0 Å². The van der Waals surface area contributed by atoms with Crippen molar-refractivity contribution in [2.75, 3.05) is 6.54 Å². The normalized spacial score (nSPS) is 16.2. The SMILES string of the molecule is O=C(O)C(CNC(=O)C1(c2c(F)cccc2F)CCC1)Cc1ccccc1. The number of amides is 1. The van der Waals surface area contributed by atoms with Crippen LogP contribution in [0.2, 0.25) is 0 Å². The Hall–Kier alpha value is -2.76. The van der Waals surface area contributed by atoms with Gasteiger partial charge in [0.2, 0.25) is 5.91 Å². The Morgan fingerprint density at radius 3 is 2.19 bits per heavy atom. The van der Waals surface area contributed by atoms with E-state index < -0.39 is 34.8 Å². The zero-order chi connectivity index (χ0) is 19.4. The van der Waals surface area contributed by atoms with Gasteiger partial charge >= 0.3 is 5.97 Å². The molecule has 1 fully saturated rings. The van der Waals surface area contributed by atoms with E-state index >= 15 is 0 Å². The van der Waals surface area contributed by atoms with Gasteiger partial charge < -0.3 is 10.4 Å². The van der Waals surface area contributed by atoms with Crippen molar-refractivity contribution in [2.45, 2.75) is 31.1 Å². The van der Waals surface area contributed by atoms with Crippen LogP contribution in [-0.4, -0.2) is 23.5 Å². The van der Waals surface area contributed by atoms with E-state index in [1.54, 1.807) is 0 Å². The molecule has 3 rings (SSSR count). The molecule has 1 aliphatic rings. The summed E-state index contributed by atoms with van der Waals surface area (Å²) in [6.07, 6.45) is 1.63. The van der Waals surface area contributed by atoms with Crippen LogP contribution in [0.4, 0.5) is 8.78 Å². The molecule has 142 valence electrons. The summed E-state index contributed by atoms with van der Waals surface area (Å²) in [7, 11) is 0. The standard InChI is InChI=1S/C21H21F2NO3/c22-16-8-4-9-17(23)18(16)21(10-5-11-21)20(27)24-13-15(19(25)26)12-14-6-2-1-3-7-14/h1-4,6-9,15H,5,10-13H2,(H,24,27)(H,25,26). The summed E-state index contributed by atoms with van der Waals surface area (Å²) in [5.41, 5.74) is -0.632. The molecule has 1 atom stereocenters. The lowest BCUT2D eigenvalue weighted by molar-refractivity contribution is -0.142. The number of carboxylic acid groups (broad SMARTS) is 1. The molecule has 6 heteroatoms. The maximum Gasteiger partial charge on any atom is 0.308 e. The molecule has 0 aromatic heterocycles. The molecule has 1 saturated carbocycles. The molecule has 1 aliphatic carbocycles. The van der Waals surface area contributed by atoms with Crippen molar-refractivity contribution in [3.05, 3.63) is 71.3 Å². The quantitative estimate of drug-likeness (QED) is 0.781. The smallest absolute Gasteiger partial charge is 0.308 e. The Labute approximate surface area is 156 Å². The molecular formula is C21H21F2NO3. The fourth-order valence-corrected chi connectivity index (χ4v) is 3.61. The van der Waals surface area contributed by atoms with Gasteiger partial charge in [-0.25, -0.2) is 8.78 Å². The van der Waals surface area contributed by atoms with Crippen LogP contribution < -0.4 is 5.32 Å². The predicted molar refractivity (Wildman–Crippen MR) is 96.2 cm³/mol. The maximum absolute atomic E-state index is 14.2. The highest BCUT2D eigenvalue weighted by Gasteiger charge is 2.49. The van der Waals surface area contributed by atoms with Gasteiger partial charge in [0.15, 0.2) is 0 Å². The molecule has 27 heavy (non-hydrogen) atoms. The highest BCUT2D eigenvalue weighted by Crippen LogP contribution is 2.46. The summed E-state index contributed by atoms with van der Waals surface area (Å²) < 4.78 is 28.5. The van der Waals surface area contributed by atoms with Gasteiger partial charge in [0.05, 0.1) is 11.3 Å². The first-order valence-electron chi connectivity index (χ1n) is 8.93. The van der Waals surface area contributed by atoms with E-state index in [0.29, 0.717) is 19.3 Å². The van der Waals surface area contributed by atoms with Gasteiger partial charge in [-0.1, -0.05) is 42.8 Å². The highest BCUT2D eigenvalue weighted by atomic mass is 19.1. The van der Waals surface area contributed by atoms with Crippen LogP contribution in [0.5, 0.6) is 0 Å². The molecule has 2 N–H and O–H groups in total. The van der Waals surface area contributed by atoms with Gasteiger partial charge in [-0.3, -0.25) is 9.59 Å². The minimum absolute atomic E-state index is 0.0963. The second kappa shape index (κ2) is 7.86. The van der Waals surface area contributed by atoms with Gasteiger partial charge in [0.25, 0.3) is 0 Å². The van der Waals surface area contributed by atoms with E-state index in [1.807, 2.05) is 30.3 Å². The third-order valence-corrected chi connectivity index (χ3v) is 5.27. The number of aliphatic carboxylic acids is 1. The molecule has 2 aromatic carbocycles. The molecule has 0 radical (unpaired) electrons. The van der Waals surface area contributed by atoms with Crippen LogP contribution in [0.15, 0.2) is 48.5 Å². The zero-order valence-electron chi connectivity index (χ0n) is 14.8. The van der Waals surface area contributed by atoms with Crippen molar-refractivity contribution in [2.24, 2.45) is 5.92 Å². The van der Waals surface area contributed by atoms with Crippen LogP contribution in [-0.2, 0) is 21.4 Å². The number of carbonyl (C=O) groups excluding carboxylic acids is 1. The summed E-state index contributed by atoms with van der Waals surface area (Å²) in [4.78, 5) is 24.4. The molecule has 0 heterocycles. The second-order valence-corrected chi connectivity index (χ2v) is 6.97. The third kappa shape index (κ3) is 3.84. The molecule has 0 saturated heterocycles.